The van der Waals surface area contributed by atoms with Gasteiger partial charge in [0, 0.05) is 30.3 Å². The van der Waals surface area contributed by atoms with E-state index in [4.69, 9.17) is 14.2 Å². The van der Waals surface area contributed by atoms with E-state index in [1.807, 2.05) is 13.0 Å². The van der Waals surface area contributed by atoms with Crippen LogP contribution in [0.25, 0.3) is 0 Å². The summed E-state index contributed by atoms with van der Waals surface area (Å²) >= 11 is 3.49. The van der Waals surface area contributed by atoms with Crippen molar-refractivity contribution in [2.24, 2.45) is 0 Å². The maximum atomic E-state index is 5.68. The summed E-state index contributed by atoms with van der Waals surface area (Å²) in [6.45, 7) is 5.02. The third kappa shape index (κ3) is 6.31. The van der Waals surface area contributed by atoms with Gasteiger partial charge in [-0.25, -0.2) is 0 Å². The highest BCUT2D eigenvalue weighted by Crippen LogP contribution is 2.34. The molecule has 1 N–H and O–H groups in total. The van der Waals surface area contributed by atoms with Gasteiger partial charge < -0.3 is 19.5 Å². The van der Waals surface area contributed by atoms with Crippen LogP contribution >= 0.6 is 28.3 Å². The van der Waals surface area contributed by atoms with Gasteiger partial charge in [0.15, 0.2) is 11.5 Å². The topological polar surface area (TPSA) is 39.7 Å². The number of nitrogens with one attached hydrogen (secondary N) is 1. The molecule has 0 aromatic heterocycles. The zero-order chi connectivity index (χ0) is 14.1. The van der Waals surface area contributed by atoms with Gasteiger partial charge in [-0.15, -0.1) is 12.4 Å². The van der Waals surface area contributed by atoms with Crippen LogP contribution in [-0.2, 0) is 11.3 Å². The zero-order valence-electron chi connectivity index (χ0n) is 12.2. The smallest absolute Gasteiger partial charge is 0.165 e. The van der Waals surface area contributed by atoms with E-state index in [1.54, 1.807) is 14.2 Å². The maximum absolute atomic E-state index is 5.68. The second-order valence-corrected chi connectivity index (χ2v) is 4.97. The molecule has 0 spiro atoms. The summed E-state index contributed by atoms with van der Waals surface area (Å²) in [5.41, 5.74) is 1.09. The van der Waals surface area contributed by atoms with E-state index in [0.29, 0.717) is 6.61 Å². The maximum Gasteiger partial charge on any atom is 0.165 e. The van der Waals surface area contributed by atoms with Crippen molar-refractivity contribution < 1.29 is 14.2 Å². The Bertz CT molecular complexity index is 391. The second-order valence-electron chi connectivity index (χ2n) is 4.05. The lowest BCUT2D eigenvalue weighted by atomic mass is 10.2. The van der Waals surface area contributed by atoms with Gasteiger partial charge in [-0.3, -0.25) is 0 Å². The molecule has 1 aromatic rings. The van der Waals surface area contributed by atoms with E-state index in [0.717, 1.165) is 47.7 Å². The Morgan fingerprint density at radius 2 is 2.00 bits per heavy atom. The molecule has 0 amide bonds. The number of hydrogen-bond donors (Lipinski definition) is 1. The molecule has 116 valence electrons. The quantitative estimate of drug-likeness (QED) is 0.678. The van der Waals surface area contributed by atoms with E-state index in [1.165, 1.54) is 0 Å². The Kier molecular flexibility index (Phi) is 10.9. The third-order valence-corrected chi connectivity index (χ3v) is 3.08. The van der Waals surface area contributed by atoms with Crippen molar-refractivity contribution in [1.29, 1.82) is 0 Å². The normalized spacial score (nSPS) is 10.0. The van der Waals surface area contributed by atoms with Crippen molar-refractivity contribution >= 4 is 28.3 Å². The Morgan fingerprint density at radius 3 is 2.60 bits per heavy atom. The van der Waals surface area contributed by atoms with E-state index >= 15 is 0 Å². The van der Waals surface area contributed by atoms with Crippen LogP contribution in [-0.4, -0.2) is 34.0 Å². The first-order chi connectivity index (χ1) is 9.22. The monoisotopic (exact) mass is 367 g/mol. The van der Waals surface area contributed by atoms with Crippen LogP contribution in [0.1, 0.15) is 18.9 Å². The highest BCUT2D eigenvalue weighted by molar-refractivity contribution is 9.10. The van der Waals surface area contributed by atoms with Gasteiger partial charge in [-0.2, -0.15) is 0 Å². The predicted octanol–water partition coefficient (Wildman–Crippen LogP) is 3.40. The van der Waals surface area contributed by atoms with Crippen molar-refractivity contribution in [3.05, 3.63) is 22.2 Å². The van der Waals surface area contributed by atoms with Crippen LogP contribution in [0.2, 0.25) is 0 Å². The molecule has 0 unspecified atom stereocenters. The van der Waals surface area contributed by atoms with Crippen molar-refractivity contribution in [3.63, 3.8) is 0 Å². The molecule has 0 fully saturated rings. The van der Waals surface area contributed by atoms with Gasteiger partial charge >= 0.3 is 0 Å². The predicted molar refractivity (Wildman–Crippen MR) is 87.3 cm³/mol. The van der Waals surface area contributed by atoms with Gasteiger partial charge in [0.1, 0.15) is 0 Å². The third-order valence-electron chi connectivity index (χ3n) is 2.62. The zero-order valence-corrected chi connectivity index (χ0v) is 14.6. The highest BCUT2D eigenvalue weighted by atomic mass is 79.9. The summed E-state index contributed by atoms with van der Waals surface area (Å²) in [6.07, 6.45) is 0.992. The lowest BCUT2D eigenvalue weighted by Crippen LogP contribution is -2.17. The number of methoxy groups -OCH3 is 2. The molecule has 0 atom stereocenters. The summed E-state index contributed by atoms with van der Waals surface area (Å²) in [5, 5.41) is 3.38. The molecular weight excluding hydrogens is 346 g/mol. The minimum atomic E-state index is 0. The van der Waals surface area contributed by atoms with Gasteiger partial charge in [0.2, 0.25) is 0 Å². The van der Waals surface area contributed by atoms with E-state index in [-0.39, 0.29) is 12.4 Å². The molecule has 0 saturated heterocycles. The standard InChI is InChI=1S/C14H22BrNO3.ClH/c1-4-19-14-11(10-16-6-5-7-17-2)8-12(15)9-13(14)18-3;/h8-9,16H,4-7,10H2,1-3H3;1H. The average molecular weight is 369 g/mol. The first-order valence-electron chi connectivity index (χ1n) is 6.41. The summed E-state index contributed by atoms with van der Waals surface area (Å²) in [4.78, 5) is 0. The summed E-state index contributed by atoms with van der Waals surface area (Å²) in [5.74, 6) is 1.57. The second kappa shape index (κ2) is 11.2. The Hall–Kier alpha value is -0.490. The lowest BCUT2D eigenvalue weighted by molar-refractivity contribution is 0.194. The molecule has 0 saturated carbocycles. The number of halogens is 2. The fraction of sp³-hybridized carbons (Fsp3) is 0.571. The average Bonchev–Trinajstić information content (AvgIpc) is 2.41. The van der Waals surface area contributed by atoms with Crippen LogP contribution in [0.3, 0.4) is 0 Å². The fourth-order valence-corrected chi connectivity index (χ4v) is 2.26. The van der Waals surface area contributed by atoms with Crippen LogP contribution in [0.15, 0.2) is 16.6 Å². The molecule has 0 bridgehead atoms. The van der Waals surface area contributed by atoms with Crippen LogP contribution in [0.4, 0.5) is 0 Å². The van der Waals surface area contributed by atoms with Gasteiger partial charge in [0.25, 0.3) is 0 Å². The van der Waals surface area contributed by atoms with Crippen LogP contribution in [0, 0.1) is 0 Å². The number of ether oxygens (including phenoxy) is 3. The van der Waals surface area contributed by atoms with Crippen molar-refractivity contribution in [3.8, 4) is 11.5 Å². The van der Waals surface area contributed by atoms with Crippen LogP contribution < -0.4 is 14.8 Å². The van der Waals surface area contributed by atoms with Gasteiger partial charge in [-0.05, 0) is 32.0 Å². The van der Waals surface area contributed by atoms with Crippen LogP contribution in [0.5, 0.6) is 11.5 Å². The number of hydrogen-bond acceptors (Lipinski definition) is 4. The molecule has 0 aliphatic carbocycles. The first-order valence-corrected chi connectivity index (χ1v) is 7.21. The summed E-state index contributed by atoms with van der Waals surface area (Å²) in [7, 11) is 3.37. The largest absolute Gasteiger partial charge is 0.493 e. The Labute approximate surface area is 135 Å². The minimum Gasteiger partial charge on any atom is -0.493 e. The molecule has 6 heteroatoms. The minimum absolute atomic E-state index is 0. The summed E-state index contributed by atoms with van der Waals surface area (Å²) in [6, 6.07) is 3.97. The molecule has 1 aromatic carbocycles. The molecule has 0 aliphatic heterocycles. The SMILES string of the molecule is CCOc1c(CNCCCOC)cc(Br)cc1OC.Cl. The van der Waals surface area contributed by atoms with E-state index < -0.39 is 0 Å². The molecule has 0 heterocycles. The number of benzene rings is 1. The van der Waals surface area contributed by atoms with E-state index in [9.17, 15) is 0 Å². The Morgan fingerprint density at radius 1 is 1.25 bits per heavy atom. The lowest BCUT2D eigenvalue weighted by Gasteiger charge is -2.15. The van der Waals surface area contributed by atoms with Gasteiger partial charge in [0.05, 0.1) is 13.7 Å². The molecular formula is C14H23BrClNO3. The summed E-state index contributed by atoms with van der Waals surface area (Å²) < 4.78 is 17.1. The molecule has 1 rings (SSSR count). The molecule has 20 heavy (non-hydrogen) atoms. The van der Waals surface area contributed by atoms with Crippen molar-refractivity contribution in [2.75, 3.05) is 34.0 Å². The molecule has 0 radical (unpaired) electrons. The highest BCUT2D eigenvalue weighted by Gasteiger charge is 2.11. The number of rotatable bonds is 9. The molecule has 4 nitrogen and oxygen atoms in total. The van der Waals surface area contributed by atoms with Crippen molar-refractivity contribution in [2.45, 2.75) is 19.9 Å². The fourth-order valence-electron chi connectivity index (χ4n) is 1.78. The van der Waals surface area contributed by atoms with Crippen molar-refractivity contribution in [1.82, 2.24) is 5.32 Å². The first kappa shape index (κ1) is 19.5. The molecule has 0 aliphatic rings. The van der Waals surface area contributed by atoms with E-state index in [2.05, 4.69) is 27.3 Å². The Balaban J connectivity index is 0.00000361. The van der Waals surface area contributed by atoms with Gasteiger partial charge in [-0.1, -0.05) is 15.9 Å².